The highest BCUT2D eigenvalue weighted by atomic mass is 35.7. The van der Waals surface area contributed by atoms with E-state index in [9.17, 15) is 8.42 Å². The first-order valence-electron chi connectivity index (χ1n) is 4.27. The fraction of sp³-hybridized carbons (Fsp3) is 0. The number of fused-ring (bicyclic) bond motifs is 1. The van der Waals surface area contributed by atoms with Crippen molar-refractivity contribution in [1.29, 1.82) is 5.26 Å². The Morgan fingerprint density at radius 3 is 2.62 bits per heavy atom. The minimum atomic E-state index is -4.00. The van der Waals surface area contributed by atoms with E-state index in [2.05, 4.69) is 4.98 Å². The number of aromatic nitrogens is 1. The number of hydrogen-bond donors (Lipinski definition) is 0. The molecule has 1 heterocycles. The highest BCUT2D eigenvalue weighted by Crippen LogP contribution is 2.22. The number of para-hydroxylation sites is 1. The second-order valence-electron chi connectivity index (χ2n) is 3.08. The molecule has 80 valence electrons. The minimum Gasteiger partial charge on any atom is -0.234 e. The van der Waals surface area contributed by atoms with Crippen LogP contribution < -0.4 is 0 Å². The van der Waals surface area contributed by atoms with Crippen molar-refractivity contribution in [3.05, 3.63) is 35.9 Å². The molecular formula is C10H5ClN2O2S. The molecule has 2 aromatic rings. The molecule has 1 aromatic heterocycles. The Morgan fingerprint density at radius 2 is 2.00 bits per heavy atom. The van der Waals surface area contributed by atoms with Gasteiger partial charge in [0.25, 0.3) is 9.05 Å². The summed E-state index contributed by atoms with van der Waals surface area (Å²) in [5.41, 5.74) is 0.439. The average molecular weight is 253 g/mol. The third kappa shape index (κ3) is 1.85. The fourth-order valence-corrected chi connectivity index (χ4v) is 2.29. The molecule has 0 atom stereocenters. The van der Waals surface area contributed by atoms with E-state index < -0.39 is 14.1 Å². The van der Waals surface area contributed by atoms with Crippen LogP contribution in [0.5, 0.6) is 0 Å². The van der Waals surface area contributed by atoms with Gasteiger partial charge in [0.05, 0.1) is 11.1 Å². The molecule has 4 nitrogen and oxygen atoms in total. The van der Waals surface area contributed by atoms with Crippen LogP contribution in [-0.2, 0) is 9.05 Å². The number of nitrogens with zero attached hydrogens (tertiary/aromatic N) is 2. The van der Waals surface area contributed by atoms with Crippen LogP contribution in [0.15, 0.2) is 35.4 Å². The van der Waals surface area contributed by atoms with Crippen molar-refractivity contribution in [2.45, 2.75) is 5.03 Å². The summed E-state index contributed by atoms with van der Waals surface area (Å²) in [4.78, 5) is 3.87. The van der Waals surface area contributed by atoms with Gasteiger partial charge in [-0.2, -0.15) is 5.26 Å². The quantitative estimate of drug-likeness (QED) is 0.728. The van der Waals surface area contributed by atoms with Gasteiger partial charge in [-0.15, -0.1) is 0 Å². The van der Waals surface area contributed by atoms with Crippen molar-refractivity contribution < 1.29 is 8.42 Å². The molecule has 0 bridgehead atoms. The topological polar surface area (TPSA) is 70.8 Å². The van der Waals surface area contributed by atoms with Crippen LogP contribution in [0, 0.1) is 11.3 Å². The maximum Gasteiger partial charge on any atom is 0.280 e. The lowest BCUT2D eigenvalue weighted by Gasteiger charge is -2.01. The monoisotopic (exact) mass is 252 g/mol. The molecule has 0 saturated carbocycles. The number of rotatable bonds is 1. The van der Waals surface area contributed by atoms with Crippen molar-refractivity contribution in [3.8, 4) is 6.07 Å². The highest BCUT2D eigenvalue weighted by molar-refractivity contribution is 8.13. The van der Waals surface area contributed by atoms with Crippen LogP contribution in [0.25, 0.3) is 10.9 Å². The number of halogens is 1. The maximum absolute atomic E-state index is 11.2. The van der Waals surface area contributed by atoms with E-state index in [0.29, 0.717) is 10.9 Å². The third-order valence-electron chi connectivity index (χ3n) is 2.04. The van der Waals surface area contributed by atoms with Gasteiger partial charge >= 0.3 is 0 Å². The summed E-state index contributed by atoms with van der Waals surface area (Å²) in [5, 5.41) is 9.13. The zero-order chi connectivity index (χ0) is 11.8. The van der Waals surface area contributed by atoms with Crippen LogP contribution in [0.3, 0.4) is 0 Å². The Kier molecular flexibility index (Phi) is 2.54. The average Bonchev–Trinajstić information content (AvgIpc) is 2.26. The Labute approximate surface area is 96.5 Å². The number of pyridine rings is 1. The molecule has 0 aliphatic heterocycles. The second kappa shape index (κ2) is 3.74. The van der Waals surface area contributed by atoms with E-state index in [-0.39, 0.29) is 5.56 Å². The lowest BCUT2D eigenvalue weighted by atomic mass is 10.2. The standard InChI is InChI=1S/C10H5ClN2O2S/c11-16(14,15)10-8(6-12)5-7-3-1-2-4-9(7)13-10/h1-5H. The van der Waals surface area contributed by atoms with Crippen LogP contribution in [0.1, 0.15) is 5.56 Å². The molecule has 0 aliphatic rings. The number of benzene rings is 1. The van der Waals surface area contributed by atoms with Crippen LogP contribution in [-0.4, -0.2) is 13.4 Å². The first-order valence-corrected chi connectivity index (χ1v) is 6.58. The zero-order valence-electron chi connectivity index (χ0n) is 7.88. The number of hydrogen-bond acceptors (Lipinski definition) is 4. The molecule has 0 amide bonds. The van der Waals surface area contributed by atoms with E-state index >= 15 is 0 Å². The van der Waals surface area contributed by atoms with Crippen LogP contribution >= 0.6 is 10.7 Å². The molecule has 0 aliphatic carbocycles. The first kappa shape index (κ1) is 10.9. The van der Waals surface area contributed by atoms with Crippen LogP contribution in [0.4, 0.5) is 0 Å². The molecule has 1 aromatic carbocycles. The zero-order valence-corrected chi connectivity index (χ0v) is 9.46. The SMILES string of the molecule is N#Cc1cc2ccccc2nc1S(=O)(=O)Cl. The van der Waals surface area contributed by atoms with E-state index in [0.717, 1.165) is 0 Å². The number of nitriles is 1. The Morgan fingerprint density at radius 1 is 1.31 bits per heavy atom. The van der Waals surface area contributed by atoms with Crippen molar-refractivity contribution in [3.63, 3.8) is 0 Å². The van der Waals surface area contributed by atoms with Gasteiger partial charge in [0.2, 0.25) is 0 Å². The molecule has 0 spiro atoms. The lowest BCUT2D eigenvalue weighted by Crippen LogP contribution is -1.99. The molecular weight excluding hydrogens is 248 g/mol. The summed E-state index contributed by atoms with van der Waals surface area (Å²) in [7, 11) is 1.20. The van der Waals surface area contributed by atoms with E-state index in [4.69, 9.17) is 15.9 Å². The smallest absolute Gasteiger partial charge is 0.234 e. The molecule has 0 N–H and O–H groups in total. The molecule has 0 saturated heterocycles. The molecule has 16 heavy (non-hydrogen) atoms. The van der Waals surface area contributed by atoms with E-state index in [1.165, 1.54) is 6.07 Å². The normalized spacial score (nSPS) is 11.2. The summed E-state index contributed by atoms with van der Waals surface area (Å²) >= 11 is 0. The van der Waals surface area contributed by atoms with Crippen LogP contribution in [0.2, 0.25) is 0 Å². The van der Waals surface area contributed by atoms with Crippen molar-refractivity contribution in [1.82, 2.24) is 4.98 Å². The maximum atomic E-state index is 11.2. The first-order chi connectivity index (χ1) is 7.52. The summed E-state index contributed by atoms with van der Waals surface area (Å²) in [5.74, 6) is 0. The van der Waals surface area contributed by atoms with Gasteiger partial charge in [-0.25, -0.2) is 13.4 Å². The molecule has 0 unspecified atom stereocenters. The molecule has 0 fully saturated rings. The highest BCUT2D eigenvalue weighted by Gasteiger charge is 2.18. The summed E-state index contributed by atoms with van der Waals surface area (Å²) in [6, 6.07) is 10.1. The van der Waals surface area contributed by atoms with Gasteiger partial charge in [-0.1, -0.05) is 18.2 Å². The predicted molar refractivity (Wildman–Crippen MR) is 59.5 cm³/mol. The van der Waals surface area contributed by atoms with Crippen molar-refractivity contribution >= 4 is 30.6 Å². The summed E-state index contributed by atoms with van der Waals surface area (Å²) < 4.78 is 22.4. The van der Waals surface area contributed by atoms with Gasteiger partial charge in [0.15, 0.2) is 5.03 Å². The molecule has 0 radical (unpaired) electrons. The fourth-order valence-electron chi connectivity index (χ4n) is 1.36. The summed E-state index contributed by atoms with van der Waals surface area (Å²) in [6.07, 6.45) is 0. The predicted octanol–water partition coefficient (Wildman–Crippen LogP) is 2.03. The molecule has 6 heteroatoms. The van der Waals surface area contributed by atoms with Crippen molar-refractivity contribution in [2.24, 2.45) is 0 Å². The van der Waals surface area contributed by atoms with Gasteiger partial charge in [0, 0.05) is 16.1 Å². The minimum absolute atomic E-state index is 0.0475. The largest absolute Gasteiger partial charge is 0.280 e. The van der Waals surface area contributed by atoms with Gasteiger partial charge < -0.3 is 0 Å². The summed E-state index contributed by atoms with van der Waals surface area (Å²) in [6.45, 7) is 0. The van der Waals surface area contributed by atoms with Crippen molar-refractivity contribution in [2.75, 3.05) is 0 Å². The Bertz CT molecular complexity index is 704. The second-order valence-corrected chi connectivity index (χ2v) is 5.56. The Hall–Kier alpha value is -1.64. The molecule has 2 rings (SSSR count). The van der Waals surface area contributed by atoms with Gasteiger partial charge in [-0.3, -0.25) is 0 Å². The van der Waals surface area contributed by atoms with Gasteiger partial charge in [-0.05, 0) is 12.1 Å². The van der Waals surface area contributed by atoms with E-state index in [1.807, 2.05) is 0 Å². The lowest BCUT2D eigenvalue weighted by molar-refractivity contribution is 0.606. The van der Waals surface area contributed by atoms with E-state index in [1.54, 1.807) is 30.3 Å². The third-order valence-corrected chi connectivity index (χ3v) is 3.25. The van der Waals surface area contributed by atoms with Gasteiger partial charge in [0.1, 0.15) is 6.07 Å². The Balaban J connectivity index is 2.90.